The summed E-state index contributed by atoms with van der Waals surface area (Å²) in [7, 11) is 2.41. The Morgan fingerprint density at radius 1 is 1.08 bits per heavy atom. The van der Waals surface area contributed by atoms with Crippen LogP contribution in [0.25, 0.3) is 0 Å². The molecule has 0 aromatic carbocycles. The lowest BCUT2D eigenvalue weighted by Gasteiger charge is -2.25. The SMILES string of the molecule is COC(=O)/C=C(/CCC[C@H]1O[C@@H](n2ccc(=O)n(C(=O)OC(C)(C)C)c2=O)[C@@H]2OC(C)(C)O[C@@H]21)C(=O)OC. The second-order valence-electron chi connectivity index (χ2n) is 10.4. The summed E-state index contributed by atoms with van der Waals surface area (Å²) in [5, 5.41) is 0. The summed E-state index contributed by atoms with van der Waals surface area (Å²) in [6.07, 6.45) is -0.748. The molecule has 0 unspecified atom stereocenters. The van der Waals surface area contributed by atoms with Gasteiger partial charge in [0.25, 0.3) is 5.56 Å². The number of rotatable bonds is 7. The fourth-order valence-electron chi connectivity index (χ4n) is 4.34. The van der Waals surface area contributed by atoms with Gasteiger partial charge in [-0.1, -0.05) is 0 Å². The van der Waals surface area contributed by atoms with Crippen molar-refractivity contribution in [1.82, 2.24) is 9.13 Å². The maximum atomic E-state index is 13.2. The topological polar surface area (TPSA) is 151 Å². The molecule has 2 aliphatic heterocycles. The third kappa shape index (κ3) is 6.58. The summed E-state index contributed by atoms with van der Waals surface area (Å²) in [4.78, 5) is 61.9. The minimum Gasteiger partial charge on any atom is -0.466 e. The average Bonchev–Trinajstić information content (AvgIpc) is 3.29. The second kappa shape index (κ2) is 11.2. The van der Waals surface area contributed by atoms with Crippen LogP contribution in [0, 0.1) is 0 Å². The molecule has 13 heteroatoms. The number of nitrogens with zero attached hydrogens (tertiary/aromatic N) is 2. The molecule has 0 N–H and O–H groups in total. The Hall–Kier alpha value is -3.29. The van der Waals surface area contributed by atoms with Gasteiger partial charge in [-0.15, -0.1) is 0 Å². The number of hydrogen-bond donors (Lipinski definition) is 0. The normalized spacial score (nSPS) is 24.6. The van der Waals surface area contributed by atoms with Crippen molar-refractivity contribution in [2.45, 2.75) is 89.8 Å². The Bertz CT molecular complexity index is 1220. The van der Waals surface area contributed by atoms with Crippen LogP contribution in [0.1, 0.15) is 60.1 Å². The molecule has 210 valence electrons. The van der Waals surface area contributed by atoms with E-state index in [2.05, 4.69) is 4.74 Å². The first kappa shape index (κ1) is 29.3. The largest absolute Gasteiger partial charge is 0.466 e. The Kier molecular flexibility index (Phi) is 8.64. The highest BCUT2D eigenvalue weighted by Crippen LogP contribution is 2.44. The highest BCUT2D eigenvalue weighted by Gasteiger charge is 2.55. The predicted molar refractivity (Wildman–Crippen MR) is 130 cm³/mol. The molecule has 0 saturated carbocycles. The Morgan fingerprint density at radius 3 is 2.34 bits per heavy atom. The van der Waals surface area contributed by atoms with Crippen LogP contribution in [-0.4, -0.2) is 71.1 Å². The summed E-state index contributed by atoms with van der Waals surface area (Å²) < 4.78 is 34.3. The van der Waals surface area contributed by atoms with Crippen molar-refractivity contribution in [2.24, 2.45) is 0 Å². The van der Waals surface area contributed by atoms with E-state index < -0.39 is 65.2 Å². The first-order valence-corrected chi connectivity index (χ1v) is 12.1. The third-order valence-corrected chi connectivity index (χ3v) is 5.86. The molecular formula is C25H34N2O11. The van der Waals surface area contributed by atoms with E-state index in [0.717, 1.165) is 16.7 Å². The summed E-state index contributed by atoms with van der Waals surface area (Å²) >= 11 is 0. The van der Waals surface area contributed by atoms with Gasteiger partial charge in [0.05, 0.1) is 20.3 Å². The summed E-state index contributed by atoms with van der Waals surface area (Å²) in [6, 6.07) is 1.07. The number of esters is 2. The van der Waals surface area contributed by atoms with Crippen LogP contribution in [0.4, 0.5) is 4.79 Å². The molecule has 1 aromatic heterocycles. The fraction of sp³-hybridized carbons (Fsp3) is 0.640. The number of ether oxygens (including phenoxy) is 6. The average molecular weight is 539 g/mol. The molecular weight excluding hydrogens is 504 g/mol. The van der Waals surface area contributed by atoms with E-state index in [9.17, 15) is 24.0 Å². The molecule has 3 heterocycles. The van der Waals surface area contributed by atoms with Gasteiger partial charge < -0.3 is 28.4 Å². The maximum Gasteiger partial charge on any atom is 0.425 e. The number of methoxy groups -OCH3 is 2. The third-order valence-electron chi connectivity index (χ3n) is 5.86. The van der Waals surface area contributed by atoms with Gasteiger partial charge in [0.2, 0.25) is 0 Å². The van der Waals surface area contributed by atoms with Crippen LogP contribution in [-0.2, 0) is 38.0 Å². The van der Waals surface area contributed by atoms with Crippen molar-refractivity contribution in [3.63, 3.8) is 0 Å². The van der Waals surface area contributed by atoms with E-state index in [-0.39, 0.29) is 12.0 Å². The zero-order chi connectivity index (χ0) is 28.4. The molecule has 2 saturated heterocycles. The lowest BCUT2D eigenvalue weighted by atomic mass is 10.0. The molecule has 0 aliphatic carbocycles. The lowest BCUT2D eigenvalue weighted by molar-refractivity contribution is -0.198. The van der Waals surface area contributed by atoms with Crippen LogP contribution in [0.15, 0.2) is 33.5 Å². The molecule has 0 spiro atoms. The minimum atomic E-state index is -1.11. The van der Waals surface area contributed by atoms with Crippen LogP contribution < -0.4 is 11.2 Å². The van der Waals surface area contributed by atoms with Crippen molar-refractivity contribution in [1.29, 1.82) is 0 Å². The van der Waals surface area contributed by atoms with Crippen molar-refractivity contribution in [3.8, 4) is 0 Å². The van der Waals surface area contributed by atoms with Gasteiger partial charge in [0.1, 0.15) is 17.8 Å². The standard InChI is InChI=1S/C25H34N2O11/c1-24(2,3)38-23(32)27-16(28)11-12-26(22(27)31)20-19-18(36-25(4,5)37-19)15(35-20)10-8-9-14(21(30)34-7)13-17(29)33-6/h11-13,15,18-20H,8-10H2,1-7H3/b14-13-/t15-,18-,19-,20-/m1/s1. The maximum absolute atomic E-state index is 13.2. The van der Waals surface area contributed by atoms with Gasteiger partial charge >= 0.3 is 23.7 Å². The number of carbonyl (C=O) groups excluding carboxylic acids is 3. The second-order valence-corrected chi connectivity index (χ2v) is 10.4. The summed E-state index contributed by atoms with van der Waals surface area (Å²) in [5.41, 5.74) is -2.58. The Morgan fingerprint density at radius 2 is 1.74 bits per heavy atom. The molecule has 38 heavy (non-hydrogen) atoms. The fourth-order valence-corrected chi connectivity index (χ4v) is 4.34. The Labute approximate surface area is 219 Å². The highest BCUT2D eigenvalue weighted by molar-refractivity contribution is 5.96. The van der Waals surface area contributed by atoms with Crippen molar-refractivity contribution >= 4 is 18.0 Å². The predicted octanol–water partition coefficient (Wildman–Crippen LogP) is 1.65. The van der Waals surface area contributed by atoms with E-state index in [1.807, 2.05) is 0 Å². The number of hydrogen-bond acceptors (Lipinski definition) is 11. The molecule has 1 aromatic rings. The van der Waals surface area contributed by atoms with E-state index in [1.165, 1.54) is 20.4 Å². The lowest BCUT2D eigenvalue weighted by Crippen LogP contribution is -2.47. The summed E-state index contributed by atoms with van der Waals surface area (Å²) in [5.74, 6) is -2.33. The Balaban J connectivity index is 1.86. The molecule has 0 amide bonds. The van der Waals surface area contributed by atoms with E-state index >= 15 is 0 Å². The molecule has 3 rings (SSSR count). The van der Waals surface area contributed by atoms with Crippen LogP contribution in [0.2, 0.25) is 0 Å². The zero-order valence-electron chi connectivity index (χ0n) is 22.5. The first-order chi connectivity index (χ1) is 17.7. The zero-order valence-corrected chi connectivity index (χ0v) is 22.5. The monoisotopic (exact) mass is 538 g/mol. The molecule has 2 fully saturated rings. The minimum absolute atomic E-state index is 0.134. The molecule has 13 nitrogen and oxygen atoms in total. The smallest absolute Gasteiger partial charge is 0.425 e. The van der Waals surface area contributed by atoms with Gasteiger partial charge in [-0.25, -0.2) is 19.2 Å². The molecule has 4 atom stereocenters. The van der Waals surface area contributed by atoms with E-state index in [1.54, 1.807) is 34.6 Å². The van der Waals surface area contributed by atoms with Crippen molar-refractivity contribution in [2.75, 3.05) is 14.2 Å². The van der Waals surface area contributed by atoms with Crippen molar-refractivity contribution in [3.05, 3.63) is 44.8 Å². The number of fused-ring (bicyclic) bond motifs is 1. The first-order valence-electron chi connectivity index (χ1n) is 12.1. The van der Waals surface area contributed by atoms with Gasteiger partial charge in [-0.05, 0) is 53.9 Å². The van der Waals surface area contributed by atoms with Crippen LogP contribution in [0.5, 0.6) is 0 Å². The molecule has 2 aliphatic rings. The van der Waals surface area contributed by atoms with Gasteiger partial charge in [-0.2, -0.15) is 4.57 Å². The van der Waals surface area contributed by atoms with Crippen LogP contribution >= 0.6 is 0 Å². The molecule has 0 bridgehead atoms. The summed E-state index contributed by atoms with van der Waals surface area (Å²) in [6.45, 7) is 8.29. The number of carbonyl (C=O) groups is 3. The number of aromatic nitrogens is 2. The van der Waals surface area contributed by atoms with Crippen LogP contribution in [0.3, 0.4) is 0 Å². The van der Waals surface area contributed by atoms with E-state index in [0.29, 0.717) is 17.4 Å². The van der Waals surface area contributed by atoms with Gasteiger partial charge in [0, 0.05) is 23.9 Å². The van der Waals surface area contributed by atoms with Gasteiger partial charge in [0.15, 0.2) is 12.0 Å². The van der Waals surface area contributed by atoms with Gasteiger partial charge in [-0.3, -0.25) is 9.36 Å². The van der Waals surface area contributed by atoms with Crippen molar-refractivity contribution < 1.29 is 42.8 Å². The molecule has 0 radical (unpaired) electrons. The quantitative estimate of drug-likeness (QED) is 0.283. The van der Waals surface area contributed by atoms with E-state index in [4.69, 9.17) is 23.7 Å². The highest BCUT2D eigenvalue weighted by atomic mass is 16.8.